The lowest BCUT2D eigenvalue weighted by atomic mass is 10.1. The Bertz CT molecular complexity index is 1230. The van der Waals surface area contributed by atoms with Crippen molar-refractivity contribution in [3.63, 3.8) is 0 Å². The molecule has 0 fully saturated rings. The summed E-state index contributed by atoms with van der Waals surface area (Å²) in [6.45, 7) is 0. The Labute approximate surface area is 198 Å². The molecule has 4 aromatic carbocycles. The highest BCUT2D eigenvalue weighted by Gasteiger charge is 2.20. The molecule has 0 saturated carbocycles. The van der Waals surface area contributed by atoms with Crippen molar-refractivity contribution in [2.75, 3.05) is 12.0 Å². The molecule has 0 unspecified atom stereocenters. The van der Waals surface area contributed by atoms with Gasteiger partial charge in [0.05, 0.1) is 18.5 Å². The summed E-state index contributed by atoms with van der Waals surface area (Å²) in [4.78, 5) is 27.1. The molecule has 5 nitrogen and oxygen atoms in total. The summed E-state index contributed by atoms with van der Waals surface area (Å²) in [5.41, 5.74) is 2.76. The Kier molecular flexibility index (Phi) is 7.16. The van der Waals surface area contributed by atoms with Gasteiger partial charge in [0, 0.05) is 5.56 Å². The standard InChI is InChI=1S/C29H23NO4/c1-33-26-17-12-22(13-18-26)14-21-28(31)23-15-19-27(20-16-23)34-29(32)30(24-8-4-2-5-9-24)25-10-6-3-7-11-25/h2-21H,1H3. The van der Waals surface area contributed by atoms with Gasteiger partial charge in [-0.15, -0.1) is 0 Å². The zero-order valence-corrected chi connectivity index (χ0v) is 18.6. The minimum atomic E-state index is -0.545. The number of carbonyl (C=O) groups is 2. The first-order valence-electron chi connectivity index (χ1n) is 10.7. The number of ketones is 1. The molecule has 0 saturated heterocycles. The molecule has 5 heteroatoms. The summed E-state index contributed by atoms with van der Waals surface area (Å²) in [7, 11) is 1.61. The molecule has 0 heterocycles. The average Bonchev–Trinajstić information content (AvgIpc) is 2.89. The van der Waals surface area contributed by atoms with E-state index in [2.05, 4.69) is 0 Å². The lowest BCUT2D eigenvalue weighted by Crippen LogP contribution is -2.29. The van der Waals surface area contributed by atoms with E-state index in [1.165, 1.54) is 11.0 Å². The van der Waals surface area contributed by atoms with Crippen molar-refractivity contribution in [2.45, 2.75) is 0 Å². The third kappa shape index (κ3) is 5.58. The Morgan fingerprint density at radius 1 is 0.676 bits per heavy atom. The van der Waals surface area contributed by atoms with Crippen molar-refractivity contribution in [1.29, 1.82) is 0 Å². The topological polar surface area (TPSA) is 55.8 Å². The predicted octanol–water partition coefficient (Wildman–Crippen LogP) is 6.93. The molecule has 168 valence electrons. The van der Waals surface area contributed by atoms with E-state index < -0.39 is 6.09 Å². The summed E-state index contributed by atoms with van der Waals surface area (Å²) in [6, 6.07) is 32.5. The predicted molar refractivity (Wildman–Crippen MR) is 134 cm³/mol. The maximum absolute atomic E-state index is 13.1. The lowest BCUT2D eigenvalue weighted by molar-refractivity contribution is 0.104. The maximum Gasteiger partial charge on any atom is 0.424 e. The molecule has 0 aliphatic heterocycles. The van der Waals surface area contributed by atoms with Gasteiger partial charge in [0.25, 0.3) is 0 Å². The zero-order valence-electron chi connectivity index (χ0n) is 18.6. The first-order chi connectivity index (χ1) is 16.6. The van der Waals surface area contributed by atoms with E-state index in [1.54, 1.807) is 37.5 Å². The summed E-state index contributed by atoms with van der Waals surface area (Å²) in [6.07, 6.45) is 2.71. The number of hydrogen-bond donors (Lipinski definition) is 0. The number of rotatable bonds is 7. The lowest BCUT2D eigenvalue weighted by Gasteiger charge is -2.22. The third-order valence-corrected chi connectivity index (χ3v) is 5.10. The number of anilines is 2. The number of carbonyl (C=O) groups excluding carboxylic acids is 2. The second kappa shape index (κ2) is 10.8. The molecule has 34 heavy (non-hydrogen) atoms. The number of allylic oxidation sites excluding steroid dienone is 1. The number of hydrogen-bond acceptors (Lipinski definition) is 4. The molecule has 4 rings (SSSR count). The van der Waals surface area contributed by atoms with E-state index in [0.717, 1.165) is 11.3 Å². The molecule has 0 radical (unpaired) electrons. The third-order valence-electron chi connectivity index (χ3n) is 5.10. The number of benzene rings is 4. The van der Waals surface area contributed by atoms with Crippen LogP contribution in [0.25, 0.3) is 6.08 Å². The second-order valence-electron chi connectivity index (χ2n) is 7.37. The van der Waals surface area contributed by atoms with Gasteiger partial charge in [0.2, 0.25) is 0 Å². The molecule has 0 bridgehead atoms. The van der Waals surface area contributed by atoms with Gasteiger partial charge >= 0.3 is 6.09 Å². The van der Waals surface area contributed by atoms with Crippen LogP contribution in [-0.2, 0) is 0 Å². The largest absolute Gasteiger partial charge is 0.497 e. The number of para-hydroxylation sites is 2. The van der Waals surface area contributed by atoms with E-state index in [0.29, 0.717) is 22.7 Å². The first kappa shape index (κ1) is 22.6. The summed E-state index contributed by atoms with van der Waals surface area (Å²) in [5.74, 6) is 0.952. The van der Waals surface area contributed by atoms with Crippen LogP contribution in [0.5, 0.6) is 11.5 Å². The summed E-state index contributed by atoms with van der Waals surface area (Å²) >= 11 is 0. The highest BCUT2D eigenvalue weighted by molar-refractivity contribution is 6.07. The normalized spacial score (nSPS) is 10.6. The second-order valence-corrected chi connectivity index (χ2v) is 7.37. The fourth-order valence-electron chi connectivity index (χ4n) is 3.33. The van der Waals surface area contributed by atoms with Gasteiger partial charge in [-0.1, -0.05) is 54.6 Å². The number of methoxy groups -OCH3 is 1. The Balaban J connectivity index is 1.46. The van der Waals surface area contributed by atoms with Gasteiger partial charge in [-0.05, 0) is 72.3 Å². The molecule has 1 amide bonds. The van der Waals surface area contributed by atoms with Crippen molar-refractivity contribution < 1.29 is 19.1 Å². The number of ether oxygens (including phenoxy) is 2. The first-order valence-corrected chi connectivity index (χ1v) is 10.7. The Morgan fingerprint density at radius 3 is 1.74 bits per heavy atom. The quantitative estimate of drug-likeness (QED) is 0.227. The van der Waals surface area contributed by atoms with E-state index in [1.807, 2.05) is 84.9 Å². The van der Waals surface area contributed by atoms with Crippen molar-refractivity contribution in [3.05, 3.63) is 126 Å². The van der Waals surface area contributed by atoms with Gasteiger partial charge in [0.15, 0.2) is 5.78 Å². The zero-order chi connectivity index (χ0) is 23.8. The van der Waals surface area contributed by atoms with Crippen LogP contribution in [0.15, 0.2) is 115 Å². The fourth-order valence-corrected chi connectivity index (χ4v) is 3.33. The monoisotopic (exact) mass is 449 g/mol. The van der Waals surface area contributed by atoms with Crippen molar-refractivity contribution >= 4 is 29.3 Å². The maximum atomic E-state index is 13.1. The molecular formula is C29H23NO4. The van der Waals surface area contributed by atoms with Gasteiger partial charge in [-0.2, -0.15) is 0 Å². The summed E-state index contributed by atoms with van der Waals surface area (Å²) < 4.78 is 10.8. The van der Waals surface area contributed by atoms with E-state index >= 15 is 0 Å². The number of nitrogens with zero attached hydrogens (tertiary/aromatic N) is 1. The van der Waals surface area contributed by atoms with Crippen LogP contribution in [0.2, 0.25) is 0 Å². The molecule has 0 atom stereocenters. The smallest absolute Gasteiger partial charge is 0.424 e. The van der Waals surface area contributed by atoms with Gasteiger partial charge in [0.1, 0.15) is 11.5 Å². The van der Waals surface area contributed by atoms with Crippen LogP contribution in [0.3, 0.4) is 0 Å². The number of amides is 1. The van der Waals surface area contributed by atoms with Crippen LogP contribution in [0, 0.1) is 0 Å². The van der Waals surface area contributed by atoms with Crippen LogP contribution < -0.4 is 14.4 Å². The minimum Gasteiger partial charge on any atom is -0.497 e. The van der Waals surface area contributed by atoms with Gasteiger partial charge in [-0.3, -0.25) is 4.79 Å². The molecule has 0 aromatic heterocycles. The molecule has 4 aromatic rings. The average molecular weight is 450 g/mol. The van der Waals surface area contributed by atoms with Crippen molar-refractivity contribution in [3.8, 4) is 11.5 Å². The minimum absolute atomic E-state index is 0.149. The highest BCUT2D eigenvalue weighted by atomic mass is 16.6. The van der Waals surface area contributed by atoms with Crippen LogP contribution in [0.1, 0.15) is 15.9 Å². The molecule has 0 N–H and O–H groups in total. The molecule has 0 aliphatic carbocycles. The van der Waals surface area contributed by atoms with Crippen LogP contribution in [0.4, 0.5) is 16.2 Å². The van der Waals surface area contributed by atoms with E-state index in [9.17, 15) is 9.59 Å². The van der Waals surface area contributed by atoms with Crippen LogP contribution in [-0.4, -0.2) is 19.0 Å². The highest BCUT2D eigenvalue weighted by Crippen LogP contribution is 2.27. The van der Waals surface area contributed by atoms with E-state index in [4.69, 9.17) is 9.47 Å². The van der Waals surface area contributed by atoms with Crippen molar-refractivity contribution in [1.82, 2.24) is 0 Å². The Hall–Kier alpha value is -4.64. The molecular weight excluding hydrogens is 426 g/mol. The Morgan fingerprint density at radius 2 is 1.21 bits per heavy atom. The fraction of sp³-hybridized carbons (Fsp3) is 0.0345. The van der Waals surface area contributed by atoms with Gasteiger partial charge < -0.3 is 9.47 Å². The van der Waals surface area contributed by atoms with Crippen molar-refractivity contribution in [2.24, 2.45) is 0 Å². The summed E-state index contributed by atoms with van der Waals surface area (Å²) in [5, 5.41) is 0. The van der Waals surface area contributed by atoms with E-state index in [-0.39, 0.29) is 5.78 Å². The van der Waals surface area contributed by atoms with Crippen LogP contribution >= 0.6 is 0 Å². The molecule has 0 spiro atoms. The van der Waals surface area contributed by atoms with Gasteiger partial charge in [-0.25, -0.2) is 9.69 Å². The SMILES string of the molecule is COc1ccc(C=CC(=O)c2ccc(OC(=O)N(c3ccccc3)c3ccccc3)cc2)cc1. The molecule has 0 aliphatic rings.